The average Bonchev–Trinajstić information content (AvgIpc) is 3.32. The fraction of sp³-hybridized carbons (Fsp3) is 0.133. The Bertz CT molecular complexity index is 925. The third-order valence-electron chi connectivity index (χ3n) is 3.37. The highest BCUT2D eigenvalue weighted by Gasteiger charge is 2.28. The highest BCUT2D eigenvalue weighted by atomic mass is 32.1. The number of hydrogen-bond donors (Lipinski definition) is 2. The van der Waals surface area contributed by atoms with Crippen molar-refractivity contribution in [2.45, 2.75) is 12.5 Å². The molecule has 10 nitrogen and oxygen atoms in total. The summed E-state index contributed by atoms with van der Waals surface area (Å²) in [6, 6.07) is 2.07. The maximum Gasteiger partial charge on any atom is 0.287 e. The molecule has 3 heterocycles. The molecule has 2 amide bonds. The van der Waals surface area contributed by atoms with Gasteiger partial charge in [-0.3, -0.25) is 14.4 Å². The van der Waals surface area contributed by atoms with Gasteiger partial charge in [0.2, 0.25) is 5.78 Å². The molecule has 3 aromatic rings. The van der Waals surface area contributed by atoms with Crippen molar-refractivity contribution in [3.05, 3.63) is 48.3 Å². The average molecular weight is 372 g/mol. The fourth-order valence-corrected chi connectivity index (χ4v) is 2.70. The van der Waals surface area contributed by atoms with E-state index in [1.54, 1.807) is 12.1 Å². The molecular weight excluding hydrogens is 360 g/mol. The van der Waals surface area contributed by atoms with Crippen molar-refractivity contribution in [3.63, 3.8) is 0 Å². The van der Waals surface area contributed by atoms with E-state index in [4.69, 9.17) is 10.2 Å². The van der Waals surface area contributed by atoms with Gasteiger partial charge in [0.05, 0.1) is 24.3 Å². The third-order valence-corrected chi connectivity index (χ3v) is 3.89. The van der Waals surface area contributed by atoms with E-state index in [1.165, 1.54) is 24.9 Å². The quantitative estimate of drug-likeness (QED) is 0.549. The van der Waals surface area contributed by atoms with Crippen LogP contribution in [-0.2, 0) is 16.0 Å². The Morgan fingerprint density at radius 2 is 2.00 bits per heavy atom. The minimum atomic E-state index is -1.16. The van der Waals surface area contributed by atoms with Crippen LogP contribution in [0.5, 0.6) is 0 Å². The lowest BCUT2D eigenvalue weighted by molar-refractivity contribution is -0.137. The molecule has 3 N–H and O–H groups in total. The Kier molecular flexibility index (Phi) is 5.08. The topological polar surface area (TPSA) is 154 Å². The van der Waals surface area contributed by atoms with Crippen LogP contribution in [0.4, 0.5) is 0 Å². The largest absolute Gasteiger partial charge is 0.472 e. The Hall–Kier alpha value is -3.47. The summed E-state index contributed by atoms with van der Waals surface area (Å²) in [5.74, 6) is -2.55. The lowest BCUT2D eigenvalue weighted by Crippen LogP contribution is -2.47. The van der Waals surface area contributed by atoms with Crippen LogP contribution in [-0.4, -0.2) is 42.4 Å². The standard InChI is InChI=1S/C15H12N6O4S/c16-13(23)12(22)9(6-8-2-5-25-7-8)19-15(24)11-10(20-26-21-11)14-17-3-1-4-18-14/h1-5,7,9H,6H2,(H2,16,23)(H,19,24). The molecule has 11 heteroatoms. The SMILES string of the molecule is NC(=O)C(=O)C(Cc1ccoc1)NC(=O)c1nsnc1-c1ncccn1. The number of hydrogen-bond acceptors (Lipinski definition) is 9. The predicted octanol–water partition coefficient (Wildman–Crippen LogP) is -0.0164. The summed E-state index contributed by atoms with van der Waals surface area (Å²) in [4.78, 5) is 44.0. The van der Waals surface area contributed by atoms with E-state index in [9.17, 15) is 14.4 Å². The van der Waals surface area contributed by atoms with Crippen LogP contribution < -0.4 is 11.1 Å². The number of nitrogens with two attached hydrogens (primary N) is 1. The smallest absolute Gasteiger partial charge is 0.287 e. The fourth-order valence-electron chi connectivity index (χ4n) is 2.16. The molecule has 1 unspecified atom stereocenters. The van der Waals surface area contributed by atoms with Crippen molar-refractivity contribution in [2.24, 2.45) is 5.73 Å². The Balaban J connectivity index is 1.83. The van der Waals surface area contributed by atoms with Crippen molar-refractivity contribution < 1.29 is 18.8 Å². The number of carbonyl (C=O) groups is 3. The van der Waals surface area contributed by atoms with Crippen LogP contribution in [0.3, 0.4) is 0 Å². The van der Waals surface area contributed by atoms with Crippen molar-refractivity contribution in [1.82, 2.24) is 24.0 Å². The molecule has 0 saturated heterocycles. The van der Waals surface area contributed by atoms with Crippen LogP contribution >= 0.6 is 11.7 Å². The second-order valence-electron chi connectivity index (χ2n) is 5.12. The number of rotatable bonds is 7. The van der Waals surface area contributed by atoms with E-state index in [2.05, 4.69) is 24.0 Å². The monoisotopic (exact) mass is 372 g/mol. The Morgan fingerprint density at radius 1 is 1.23 bits per heavy atom. The normalized spacial score (nSPS) is 11.7. The van der Waals surface area contributed by atoms with Gasteiger partial charge in [0.1, 0.15) is 6.04 Å². The number of nitrogens with zero attached hydrogens (tertiary/aromatic N) is 4. The van der Waals surface area contributed by atoms with Crippen molar-refractivity contribution in [2.75, 3.05) is 0 Å². The number of nitrogens with one attached hydrogen (secondary N) is 1. The van der Waals surface area contributed by atoms with E-state index < -0.39 is 23.6 Å². The van der Waals surface area contributed by atoms with E-state index in [1.807, 2.05) is 0 Å². The summed E-state index contributed by atoms with van der Waals surface area (Å²) < 4.78 is 12.9. The zero-order valence-electron chi connectivity index (χ0n) is 13.2. The van der Waals surface area contributed by atoms with Crippen LogP contribution in [0.25, 0.3) is 11.5 Å². The summed E-state index contributed by atoms with van der Waals surface area (Å²) in [7, 11) is 0. The molecular formula is C15H12N6O4S. The molecule has 132 valence electrons. The number of Topliss-reactive ketones (excluding diaryl/α,β-unsaturated/α-hetero) is 1. The van der Waals surface area contributed by atoms with Gasteiger partial charge >= 0.3 is 0 Å². The summed E-state index contributed by atoms with van der Waals surface area (Å²) in [5.41, 5.74) is 5.83. The van der Waals surface area contributed by atoms with E-state index in [-0.39, 0.29) is 23.6 Å². The van der Waals surface area contributed by atoms with Gasteiger partial charge in [-0.1, -0.05) is 0 Å². The molecule has 0 aliphatic heterocycles. The van der Waals surface area contributed by atoms with Crippen LogP contribution in [0, 0.1) is 0 Å². The zero-order valence-corrected chi connectivity index (χ0v) is 14.0. The third kappa shape index (κ3) is 3.78. The molecule has 0 aromatic carbocycles. The van der Waals surface area contributed by atoms with Gasteiger partial charge in [0.25, 0.3) is 11.8 Å². The molecule has 0 saturated carbocycles. The number of aromatic nitrogens is 4. The molecule has 3 aromatic heterocycles. The Labute approximate surface area is 150 Å². The van der Waals surface area contributed by atoms with Gasteiger partial charge < -0.3 is 15.5 Å². The van der Waals surface area contributed by atoms with Crippen LogP contribution in [0.2, 0.25) is 0 Å². The molecule has 26 heavy (non-hydrogen) atoms. The van der Waals surface area contributed by atoms with Gasteiger partial charge in [-0.25, -0.2) is 9.97 Å². The Morgan fingerprint density at radius 3 is 2.65 bits per heavy atom. The van der Waals surface area contributed by atoms with Crippen molar-refractivity contribution in [3.8, 4) is 11.5 Å². The number of amides is 2. The van der Waals surface area contributed by atoms with Crippen molar-refractivity contribution >= 4 is 29.3 Å². The van der Waals surface area contributed by atoms with Gasteiger partial charge in [-0.15, -0.1) is 0 Å². The minimum Gasteiger partial charge on any atom is -0.472 e. The lowest BCUT2D eigenvalue weighted by atomic mass is 10.0. The summed E-state index contributed by atoms with van der Waals surface area (Å²) in [5, 5.41) is 2.47. The summed E-state index contributed by atoms with van der Waals surface area (Å²) >= 11 is 0.804. The van der Waals surface area contributed by atoms with Gasteiger partial charge in [0.15, 0.2) is 17.2 Å². The van der Waals surface area contributed by atoms with Crippen LogP contribution in [0.15, 0.2) is 41.5 Å². The highest BCUT2D eigenvalue weighted by Crippen LogP contribution is 2.17. The predicted molar refractivity (Wildman–Crippen MR) is 88.8 cm³/mol. The van der Waals surface area contributed by atoms with E-state index in [0.717, 1.165) is 11.7 Å². The van der Waals surface area contributed by atoms with E-state index >= 15 is 0 Å². The number of primary amides is 1. The number of ketones is 1. The minimum absolute atomic E-state index is 0.0404. The summed E-state index contributed by atoms with van der Waals surface area (Å²) in [6.07, 6.45) is 5.86. The molecule has 0 fully saturated rings. The molecule has 0 aliphatic carbocycles. The summed E-state index contributed by atoms with van der Waals surface area (Å²) in [6.45, 7) is 0. The van der Waals surface area contributed by atoms with E-state index in [0.29, 0.717) is 5.56 Å². The first-order valence-corrected chi connectivity index (χ1v) is 8.05. The molecule has 0 spiro atoms. The van der Waals surface area contributed by atoms with Crippen LogP contribution in [0.1, 0.15) is 16.1 Å². The zero-order chi connectivity index (χ0) is 18.5. The molecule has 0 radical (unpaired) electrons. The number of carbonyl (C=O) groups excluding carboxylic acids is 3. The molecule has 3 rings (SSSR count). The van der Waals surface area contributed by atoms with Gasteiger partial charge in [-0.2, -0.15) is 8.75 Å². The van der Waals surface area contributed by atoms with Gasteiger partial charge in [-0.05, 0) is 17.7 Å². The first-order valence-electron chi connectivity index (χ1n) is 7.31. The first-order chi connectivity index (χ1) is 12.6. The lowest BCUT2D eigenvalue weighted by Gasteiger charge is -2.14. The molecule has 1 atom stereocenters. The highest BCUT2D eigenvalue weighted by molar-refractivity contribution is 6.99. The van der Waals surface area contributed by atoms with Crippen molar-refractivity contribution in [1.29, 1.82) is 0 Å². The second-order valence-corrected chi connectivity index (χ2v) is 5.65. The van der Waals surface area contributed by atoms with Gasteiger partial charge in [0, 0.05) is 18.8 Å². The molecule has 0 aliphatic rings. The molecule has 0 bridgehead atoms. The number of furan rings is 1. The maximum atomic E-state index is 12.6. The second kappa shape index (κ2) is 7.61. The first kappa shape index (κ1) is 17.4. The maximum absolute atomic E-state index is 12.6.